The highest BCUT2D eigenvalue weighted by Crippen LogP contribution is 2.30. The number of likely N-dealkylation sites (tertiary alicyclic amines) is 1. The van der Waals surface area contributed by atoms with E-state index < -0.39 is 0 Å². The molecule has 6 nitrogen and oxygen atoms in total. The largest absolute Gasteiger partial charge is 0.496 e. The molecule has 6 heteroatoms. The molecular weight excluding hydrogens is 354 g/mol. The molecule has 1 aliphatic rings. The Morgan fingerprint density at radius 2 is 1.93 bits per heavy atom. The van der Waals surface area contributed by atoms with Gasteiger partial charge in [-0.05, 0) is 38.0 Å². The van der Waals surface area contributed by atoms with Crippen molar-refractivity contribution in [2.24, 2.45) is 0 Å². The number of methoxy groups -OCH3 is 1. The van der Waals surface area contributed by atoms with Crippen molar-refractivity contribution in [3.63, 3.8) is 0 Å². The van der Waals surface area contributed by atoms with Gasteiger partial charge in [0.25, 0.3) is 5.91 Å². The molecule has 2 aromatic carbocycles. The average Bonchev–Trinajstić information content (AvgIpc) is 3.24. The van der Waals surface area contributed by atoms with Crippen molar-refractivity contribution in [2.75, 3.05) is 20.2 Å². The lowest BCUT2D eigenvalue weighted by Gasteiger charge is -2.30. The third-order valence-corrected chi connectivity index (χ3v) is 5.19. The van der Waals surface area contributed by atoms with Crippen molar-refractivity contribution in [1.29, 1.82) is 0 Å². The van der Waals surface area contributed by atoms with E-state index in [1.165, 1.54) is 0 Å². The third kappa shape index (κ3) is 3.63. The number of nitrogens with zero attached hydrogens (tertiary/aromatic N) is 3. The second kappa shape index (κ2) is 7.84. The fourth-order valence-electron chi connectivity index (χ4n) is 3.62. The maximum absolute atomic E-state index is 12.8. The Bertz CT molecular complexity index is 974. The van der Waals surface area contributed by atoms with Crippen LogP contribution in [0.15, 0.2) is 53.1 Å². The summed E-state index contributed by atoms with van der Waals surface area (Å²) in [6, 6.07) is 15.4. The number of piperidine rings is 1. The zero-order valence-electron chi connectivity index (χ0n) is 16.1. The number of ether oxygens (including phenoxy) is 1. The molecule has 4 rings (SSSR count). The number of carbonyl (C=O) groups is 1. The molecule has 1 aromatic heterocycles. The minimum absolute atomic E-state index is 0.00174. The molecule has 0 spiro atoms. The van der Waals surface area contributed by atoms with Gasteiger partial charge in [0.1, 0.15) is 5.75 Å². The van der Waals surface area contributed by atoms with Crippen LogP contribution in [0.3, 0.4) is 0 Å². The van der Waals surface area contributed by atoms with Crippen molar-refractivity contribution in [3.05, 3.63) is 65.5 Å². The normalized spacial score (nSPS) is 14.9. The van der Waals surface area contributed by atoms with E-state index in [-0.39, 0.29) is 11.8 Å². The van der Waals surface area contributed by atoms with Gasteiger partial charge in [0.2, 0.25) is 11.7 Å². The van der Waals surface area contributed by atoms with Gasteiger partial charge >= 0.3 is 0 Å². The first-order valence-electron chi connectivity index (χ1n) is 9.48. The number of rotatable bonds is 4. The first-order valence-corrected chi connectivity index (χ1v) is 9.48. The molecular formula is C22H23N3O3. The third-order valence-electron chi connectivity index (χ3n) is 5.19. The van der Waals surface area contributed by atoms with Crippen molar-refractivity contribution in [2.45, 2.75) is 25.7 Å². The molecule has 0 radical (unpaired) electrons. The van der Waals surface area contributed by atoms with Gasteiger partial charge in [-0.3, -0.25) is 4.79 Å². The molecule has 1 aliphatic heterocycles. The number of amides is 1. The van der Waals surface area contributed by atoms with Crippen LogP contribution in [0.25, 0.3) is 11.4 Å². The van der Waals surface area contributed by atoms with E-state index in [1.807, 2.05) is 54.3 Å². The van der Waals surface area contributed by atoms with Crippen LogP contribution < -0.4 is 4.74 Å². The maximum Gasteiger partial charge on any atom is 0.257 e. The second-order valence-electron chi connectivity index (χ2n) is 7.09. The molecule has 28 heavy (non-hydrogen) atoms. The van der Waals surface area contributed by atoms with Crippen LogP contribution in [0.2, 0.25) is 0 Å². The molecule has 144 valence electrons. The monoisotopic (exact) mass is 377 g/mol. The number of aryl methyl sites for hydroxylation is 1. The fourth-order valence-corrected chi connectivity index (χ4v) is 3.62. The zero-order chi connectivity index (χ0) is 19.5. The highest BCUT2D eigenvalue weighted by Gasteiger charge is 2.29. The van der Waals surface area contributed by atoms with Crippen molar-refractivity contribution in [3.8, 4) is 17.1 Å². The lowest BCUT2D eigenvalue weighted by atomic mass is 9.96. The summed E-state index contributed by atoms with van der Waals surface area (Å²) in [5, 5.41) is 4.14. The van der Waals surface area contributed by atoms with Crippen molar-refractivity contribution < 1.29 is 14.1 Å². The molecule has 2 heterocycles. The van der Waals surface area contributed by atoms with Gasteiger partial charge in [-0.25, -0.2) is 0 Å². The van der Waals surface area contributed by atoms with E-state index in [4.69, 9.17) is 9.26 Å². The van der Waals surface area contributed by atoms with E-state index in [0.717, 1.165) is 24.0 Å². The number of hydrogen-bond donors (Lipinski definition) is 0. The summed E-state index contributed by atoms with van der Waals surface area (Å²) in [4.78, 5) is 19.3. The highest BCUT2D eigenvalue weighted by molar-refractivity contribution is 5.97. The summed E-state index contributed by atoms with van der Waals surface area (Å²) in [7, 11) is 1.58. The molecule has 1 saturated heterocycles. The van der Waals surface area contributed by atoms with E-state index >= 15 is 0 Å². The van der Waals surface area contributed by atoms with Gasteiger partial charge < -0.3 is 14.2 Å². The van der Waals surface area contributed by atoms with Gasteiger partial charge in [0, 0.05) is 24.6 Å². The van der Waals surface area contributed by atoms with Gasteiger partial charge in [0.15, 0.2) is 0 Å². The predicted octanol–water partition coefficient (Wildman–Crippen LogP) is 4.07. The topological polar surface area (TPSA) is 68.5 Å². The van der Waals surface area contributed by atoms with Crippen LogP contribution in [-0.2, 0) is 0 Å². The van der Waals surface area contributed by atoms with Gasteiger partial charge in [0.05, 0.1) is 12.7 Å². The Labute approximate surface area is 164 Å². The Kier molecular flexibility index (Phi) is 5.10. The molecule has 0 bridgehead atoms. The minimum atomic E-state index is 0.00174. The van der Waals surface area contributed by atoms with Crippen LogP contribution >= 0.6 is 0 Å². The summed E-state index contributed by atoms with van der Waals surface area (Å²) in [5.41, 5.74) is 2.72. The van der Waals surface area contributed by atoms with Crippen LogP contribution in [-0.4, -0.2) is 41.1 Å². The summed E-state index contributed by atoms with van der Waals surface area (Å²) < 4.78 is 10.9. The van der Waals surface area contributed by atoms with Crippen LogP contribution in [0.5, 0.6) is 5.75 Å². The Morgan fingerprint density at radius 3 is 2.68 bits per heavy atom. The smallest absolute Gasteiger partial charge is 0.257 e. The first kappa shape index (κ1) is 18.2. The van der Waals surface area contributed by atoms with Crippen LogP contribution in [0.1, 0.15) is 40.6 Å². The molecule has 0 aliphatic carbocycles. The molecule has 0 N–H and O–H groups in total. The Balaban J connectivity index is 1.43. The van der Waals surface area contributed by atoms with Gasteiger partial charge in [-0.1, -0.05) is 41.1 Å². The summed E-state index contributed by atoms with van der Waals surface area (Å²) in [5.74, 6) is 2.05. The fraction of sp³-hybridized carbons (Fsp3) is 0.318. The Hall–Kier alpha value is -3.15. The number of para-hydroxylation sites is 1. The lowest BCUT2D eigenvalue weighted by Crippen LogP contribution is -2.38. The number of hydrogen-bond acceptors (Lipinski definition) is 5. The first-order chi connectivity index (χ1) is 13.7. The molecule has 3 aromatic rings. The maximum atomic E-state index is 12.8. The summed E-state index contributed by atoms with van der Waals surface area (Å²) in [6.45, 7) is 3.35. The molecule has 0 unspecified atom stereocenters. The van der Waals surface area contributed by atoms with Crippen molar-refractivity contribution >= 4 is 5.91 Å². The van der Waals surface area contributed by atoms with Crippen LogP contribution in [0, 0.1) is 6.92 Å². The standard InChI is InChI=1S/C22H23N3O3/c1-15-6-5-7-17(14-15)20-23-21(28-24-20)16-10-12-25(13-11-16)22(26)18-8-3-4-9-19(18)27-2/h3-9,14,16H,10-13H2,1-2H3. The van der Waals surface area contributed by atoms with Crippen molar-refractivity contribution in [1.82, 2.24) is 15.0 Å². The average molecular weight is 377 g/mol. The number of benzene rings is 2. The molecule has 0 atom stereocenters. The zero-order valence-corrected chi connectivity index (χ0v) is 16.1. The van der Waals surface area contributed by atoms with E-state index in [2.05, 4.69) is 10.1 Å². The molecule has 0 saturated carbocycles. The SMILES string of the molecule is COc1ccccc1C(=O)N1CCC(c2nc(-c3cccc(C)c3)no2)CC1. The number of carbonyl (C=O) groups excluding carboxylic acids is 1. The van der Waals surface area contributed by atoms with E-state index in [0.29, 0.717) is 36.1 Å². The molecule has 1 fully saturated rings. The van der Waals surface area contributed by atoms with Crippen LogP contribution in [0.4, 0.5) is 0 Å². The van der Waals surface area contributed by atoms with E-state index in [9.17, 15) is 4.79 Å². The second-order valence-corrected chi connectivity index (χ2v) is 7.09. The summed E-state index contributed by atoms with van der Waals surface area (Å²) >= 11 is 0. The molecule has 1 amide bonds. The predicted molar refractivity (Wildman–Crippen MR) is 105 cm³/mol. The highest BCUT2D eigenvalue weighted by atomic mass is 16.5. The number of aromatic nitrogens is 2. The Morgan fingerprint density at radius 1 is 1.14 bits per heavy atom. The minimum Gasteiger partial charge on any atom is -0.496 e. The summed E-state index contributed by atoms with van der Waals surface area (Å²) in [6.07, 6.45) is 1.60. The quantitative estimate of drug-likeness (QED) is 0.685. The van der Waals surface area contributed by atoms with Gasteiger partial charge in [-0.15, -0.1) is 0 Å². The van der Waals surface area contributed by atoms with E-state index in [1.54, 1.807) is 13.2 Å². The van der Waals surface area contributed by atoms with Gasteiger partial charge in [-0.2, -0.15) is 4.98 Å². The lowest BCUT2D eigenvalue weighted by molar-refractivity contribution is 0.0701.